The van der Waals surface area contributed by atoms with Crippen molar-refractivity contribution in [3.8, 4) is 11.5 Å². The average Bonchev–Trinajstić information content (AvgIpc) is 2.26. The van der Waals surface area contributed by atoms with Crippen LogP contribution >= 0.6 is 0 Å². The number of methoxy groups -OCH3 is 1. The SMILES string of the molecule is COc1ccc(C=O)c(F)c1OCC(C)C. The van der Waals surface area contributed by atoms with E-state index in [0.29, 0.717) is 18.6 Å². The van der Waals surface area contributed by atoms with Gasteiger partial charge in [-0.05, 0) is 18.1 Å². The summed E-state index contributed by atoms with van der Waals surface area (Å²) < 4.78 is 24.0. The summed E-state index contributed by atoms with van der Waals surface area (Å²) >= 11 is 0. The lowest BCUT2D eigenvalue weighted by Crippen LogP contribution is -2.08. The highest BCUT2D eigenvalue weighted by Gasteiger charge is 2.15. The van der Waals surface area contributed by atoms with Crippen LogP contribution in [0.1, 0.15) is 24.2 Å². The van der Waals surface area contributed by atoms with Crippen LogP contribution in [0.25, 0.3) is 0 Å². The monoisotopic (exact) mass is 226 g/mol. The van der Waals surface area contributed by atoms with Crippen LogP contribution in [0, 0.1) is 11.7 Å². The van der Waals surface area contributed by atoms with Gasteiger partial charge in [-0.1, -0.05) is 13.8 Å². The van der Waals surface area contributed by atoms with Gasteiger partial charge in [0, 0.05) is 0 Å². The third-order valence-corrected chi connectivity index (χ3v) is 2.00. The summed E-state index contributed by atoms with van der Waals surface area (Å²) in [4.78, 5) is 10.6. The van der Waals surface area contributed by atoms with Crippen molar-refractivity contribution < 1.29 is 18.7 Å². The number of hydrogen-bond donors (Lipinski definition) is 0. The quantitative estimate of drug-likeness (QED) is 0.724. The number of halogens is 1. The summed E-state index contributed by atoms with van der Waals surface area (Å²) in [7, 11) is 1.43. The molecule has 0 unspecified atom stereocenters. The maximum Gasteiger partial charge on any atom is 0.197 e. The second kappa shape index (κ2) is 5.49. The minimum absolute atomic E-state index is 0.000741. The Morgan fingerprint density at radius 1 is 1.44 bits per heavy atom. The van der Waals surface area contributed by atoms with E-state index in [-0.39, 0.29) is 17.2 Å². The second-order valence-electron chi connectivity index (χ2n) is 3.82. The molecule has 0 saturated carbocycles. The van der Waals surface area contributed by atoms with Crippen LogP contribution in [0.5, 0.6) is 11.5 Å². The molecule has 0 bridgehead atoms. The predicted octanol–water partition coefficient (Wildman–Crippen LogP) is 2.68. The maximum absolute atomic E-state index is 13.7. The van der Waals surface area contributed by atoms with Gasteiger partial charge in [-0.3, -0.25) is 4.79 Å². The Morgan fingerprint density at radius 3 is 2.62 bits per heavy atom. The molecule has 0 aliphatic heterocycles. The number of hydrogen-bond acceptors (Lipinski definition) is 3. The van der Waals surface area contributed by atoms with Gasteiger partial charge in [0.15, 0.2) is 23.6 Å². The second-order valence-corrected chi connectivity index (χ2v) is 3.82. The van der Waals surface area contributed by atoms with Crippen molar-refractivity contribution in [1.82, 2.24) is 0 Å². The normalized spacial score (nSPS) is 10.3. The van der Waals surface area contributed by atoms with E-state index >= 15 is 0 Å². The topological polar surface area (TPSA) is 35.5 Å². The molecule has 16 heavy (non-hydrogen) atoms. The largest absolute Gasteiger partial charge is 0.493 e. The Balaban J connectivity index is 3.05. The standard InChI is InChI=1S/C12H15FO3/c1-8(2)7-16-12-10(15-3)5-4-9(6-14)11(12)13/h4-6,8H,7H2,1-3H3. The first-order valence-corrected chi connectivity index (χ1v) is 5.04. The molecule has 0 spiro atoms. The zero-order chi connectivity index (χ0) is 12.1. The first kappa shape index (κ1) is 12.5. The van der Waals surface area contributed by atoms with Gasteiger partial charge < -0.3 is 9.47 Å². The number of aldehydes is 1. The summed E-state index contributed by atoms with van der Waals surface area (Å²) in [6, 6.07) is 2.88. The first-order chi connectivity index (χ1) is 7.60. The van der Waals surface area contributed by atoms with Crippen LogP contribution in [-0.2, 0) is 0 Å². The van der Waals surface area contributed by atoms with Gasteiger partial charge in [0.1, 0.15) is 0 Å². The smallest absolute Gasteiger partial charge is 0.197 e. The Kier molecular flexibility index (Phi) is 4.28. The molecule has 1 rings (SSSR count). The van der Waals surface area contributed by atoms with Crippen LogP contribution in [0.15, 0.2) is 12.1 Å². The van der Waals surface area contributed by atoms with Crippen molar-refractivity contribution in [2.24, 2.45) is 5.92 Å². The van der Waals surface area contributed by atoms with E-state index in [9.17, 15) is 9.18 Å². The minimum atomic E-state index is -0.671. The molecular formula is C12H15FO3. The van der Waals surface area contributed by atoms with Crippen LogP contribution in [0.4, 0.5) is 4.39 Å². The van der Waals surface area contributed by atoms with Gasteiger partial charge in [-0.25, -0.2) is 4.39 Å². The van der Waals surface area contributed by atoms with E-state index in [1.54, 1.807) is 0 Å². The fourth-order valence-electron chi connectivity index (χ4n) is 1.19. The zero-order valence-electron chi connectivity index (χ0n) is 9.62. The van der Waals surface area contributed by atoms with Gasteiger partial charge in [0.2, 0.25) is 0 Å². The Bertz CT molecular complexity index is 375. The first-order valence-electron chi connectivity index (χ1n) is 5.04. The summed E-state index contributed by atoms with van der Waals surface area (Å²) in [6.07, 6.45) is 0.455. The fraction of sp³-hybridized carbons (Fsp3) is 0.417. The van der Waals surface area contributed by atoms with Gasteiger partial charge in [0.05, 0.1) is 19.3 Å². The lowest BCUT2D eigenvalue weighted by Gasteiger charge is -2.13. The molecule has 1 aromatic rings. The van der Waals surface area contributed by atoms with E-state index in [0.717, 1.165) is 0 Å². The van der Waals surface area contributed by atoms with Gasteiger partial charge in [-0.15, -0.1) is 0 Å². The highest BCUT2D eigenvalue weighted by Crippen LogP contribution is 2.32. The molecule has 88 valence electrons. The highest BCUT2D eigenvalue weighted by molar-refractivity contribution is 5.77. The van der Waals surface area contributed by atoms with Crippen LogP contribution in [-0.4, -0.2) is 20.0 Å². The van der Waals surface area contributed by atoms with E-state index in [2.05, 4.69) is 0 Å². The van der Waals surface area contributed by atoms with Crippen molar-refractivity contribution in [3.63, 3.8) is 0 Å². The molecule has 0 atom stereocenters. The third kappa shape index (κ3) is 2.72. The van der Waals surface area contributed by atoms with Crippen molar-refractivity contribution in [2.45, 2.75) is 13.8 Å². The average molecular weight is 226 g/mol. The summed E-state index contributed by atoms with van der Waals surface area (Å²) in [6.45, 7) is 4.28. The fourth-order valence-corrected chi connectivity index (χ4v) is 1.19. The molecule has 0 aromatic heterocycles. The number of rotatable bonds is 5. The molecule has 4 heteroatoms. The molecule has 1 aromatic carbocycles. The molecular weight excluding hydrogens is 211 g/mol. The zero-order valence-corrected chi connectivity index (χ0v) is 9.62. The summed E-state index contributed by atoms with van der Waals surface area (Å²) in [5.41, 5.74) is -0.0282. The molecule has 0 N–H and O–H groups in total. The number of benzene rings is 1. The van der Waals surface area contributed by atoms with Crippen molar-refractivity contribution in [1.29, 1.82) is 0 Å². The Morgan fingerprint density at radius 2 is 2.12 bits per heavy atom. The third-order valence-electron chi connectivity index (χ3n) is 2.00. The minimum Gasteiger partial charge on any atom is -0.493 e. The molecule has 0 saturated heterocycles. The van der Waals surface area contributed by atoms with Crippen molar-refractivity contribution in [3.05, 3.63) is 23.5 Å². The molecule has 0 radical (unpaired) electrons. The number of ether oxygens (including phenoxy) is 2. The lowest BCUT2D eigenvalue weighted by molar-refractivity contribution is 0.111. The van der Waals surface area contributed by atoms with E-state index < -0.39 is 5.82 Å². The van der Waals surface area contributed by atoms with E-state index in [4.69, 9.17) is 9.47 Å². The molecule has 0 aliphatic rings. The predicted molar refractivity (Wildman–Crippen MR) is 58.7 cm³/mol. The van der Waals surface area contributed by atoms with Crippen molar-refractivity contribution >= 4 is 6.29 Å². The maximum atomic E-state index is 13.7. The highest BCUT2D eigenvalue weighted by atomic mass is 19.1. The number of carbonyl (C=O) groups excluding carboxylic acids is 1. The molecule has 3 nitrogen and oxygen atoms in total. The van der Waals surface area contributed by atoms with E-state index in [1.807, 2.05) is 13.8 Å². The van der Waals surface area contributed by atoms with Crippen molar-refractivity contribution in [2.75, 3.05) is 13.7 Å². The van der Waals surface area contributed by atoms with Gasteiger partial charge >= 0.3 is 0 Å². The van der Waals surface area contributed by atoms with Crippen LogP contribution < -0.4 is 9.47 Å². The molecule has 0 fully saturated rings. The Hall–Kier alpha value is -1.58. The molecule has 0 aliphatic carbocycles. The summed E-state index contributed by atoms with van der Waals surface area (Å²) in [5, 5.41) is 0. The van der Waals surface area contributed by atoms with Gasteiger partial charge in [0.25, 0.3) is 0 Å². The van der Waals surface area contributed by atoms with E-state index in [1.165, 1.54) is 19.2 Å². The lowest BCUT2D eigenvalue weighted by atomic mass is 10.2. The number of carbonyl (C=O) groups is 1. The Labute approximate surface area is 94.2 Å². The van der Waals surface area contributed by atoms with Gasteiger partial charge in [-0.2, -0.15) is 0 Å². The van der Waals surface area contributed by atoms with Crippen LogP contribution in [0.3, 0.4) is 0 Å². The molecule has 0 heterocycles. The summed E-state index contributed by atoms with van der Waals surface area (Å²) in [5.74, 6) is -0.108. The van der Waals surface area contributed by atoms with Crippen LogP contribution in [0.2, 0.25) is 0 Å². The molecule has 0 amide bonds.